The number of allylic oxidation sites excluding steroid dienone is 1. The maximum Gasteiger partial charge on any atom is 0.0633 e. The summed E-state index contributed by atoms with van der Waals surface area (Å²) in [6.07, 6.45) is 7.80. The number of hydrogen-bond acceptors (Lipinski definition) is 2. The molecule has 0 aliphatic heterocycles. The second kappa shape index (κ2) is 7.93. The highest BCUT2D eigenvalue weighted by molar-refractivity contribution is 6.12. The monoisotopic (exact) mass is 324 g/mol. The number of nitrogen functional groups attached to an aromatic ring is 1. The molecular weight excluding hydrogens is 304 g/mol. The van der Waals surface area contributed by atoms with Crippen LogP contribution in [0.4, 0.5) is 5.69 Å². The van der Waals surface area contributed by atoms with Crippen LogP contribution in [0.5, 0.6) is 0 Å². The number of nitrogens with one attached hydrogen (secondary N) is 1. The van der Waals surface area contributed by atoms with Crippen molar-refractivity contribution in [2.45, 2.75) is 0 Å². The zero-order valence-corrected chi connectivity index (χ0v) is 13.9. The van der Waals surface area contributed by atoms with Crippen LogP contribution in [-0.2, 0) is 0 Å². The molecule has 0 unspecified atom stereocenters. The van der Waals surface area contributed by atoms with E-state index in [2.05, 4.69) is 18.2 Å². The zero-order chi connectivity index (χ0) is 17.5. The Hall–Kier alpha value is -3.39. The molecule has 3 N–H and O–H groups in total. The number of hydrogen-bond donors (Lipinski definition) is 2. The first-order valence-electron chi connectivity index (χ1n) is 8.17. The molecule has 0 aliphatic carbocycles. The Morgan fingerprint density at radius 2 is 1.24 bits per heavy atom. The summed E-state index contributed by atoms with van der Waals surface area (Å²) in [4.78, 5) is 0. The molecule has 0 saturated carbocycles. The molecule has 3 rings (SSSR count). The van der Waals surface area contributed by atoms with Crippen LogP contribution in [0, 0.1) is 5.41 Å². The molecule has 0 amide bonds. The van der Waals surface area contributed by atoms with Crippen molar-refractivity contribution >= 4 is 29.6 Å². The van der Waals surface area contributed by atoms with Crippen molar-refractivity contribution in [1.29, 1.82) is 5.41 Å². The summed E-state index contributed by atoms with van der Waals surface area (Å²) >= 11 is 0. The smallest absolute Gasteiger partial charge is 0.0633 e. The second-order valence-electron chi connectivity index (χ2n) is 5.75. The fraction of sp³-hybridized carbons (Fsp3) is 0. The first-order chi connectivity index (χ1) is 12.2. The Kier molecular flexibility index (Phi) is 5.22. The summed E-state index contributed by atoms with van der Waals surface area (Å²) in [6.45, 7) is 0. The lowest BCUT2D eigenvalue weighted by molar-refractivity contribution is 1.49. The molecule has 0 spiro atoms. The molecule has 0 saturated heterocycles. The van der Waals surface area contributed by atoms with Gasteiger partial charge in [-0.3, -0.25) is 0 Å². The van der Waals surface area contributed by atoms with E-state index in [0.29, 0.717) is 11.4 Å². The fourth-order valence-corrected chi connectivity index (χ4v) is 2.50. The Balaban J connectivity index is 1.80. The normalized spacial score (nSPS) is 11.2. The standard InChI is InChI=1S/C23H20N2/c24-22(15-13-19-9-5-2-6-10-19)21-17-20(14-16-23(21)25)12-11-18-7-3-1-4-8-18/h1-17,24H,25H2/b12-11+,15-13+,24-22?. The van der Waals surface area contributed by atoms with Crippen LogP contribution in [0.2, 0.25) is 0 Å². The maximum atomic E-state index is 8.32. The van der Waals surface area contributed by atoms with Gasteiger partial charge in [0.15, 0.2) is 0 Å². The van der Waals surface area contributed by atoms with Gasteiger partial charge in [0, 0.05) is 11.3 Å². The van der Waals surface area contributed by atoms with E-state index < -0.39 is 0 Å². The number of benzene rings is 3. The zero-order valence-electron chi connectivity index (χ0n) is 13.9. The number of nitrogens with two attached hydrogens (primary N) is 1. The summed E-state index contributed by atoms with van der Waals surface area (Å²) in [5.74, 6) is 0. The lowest BCUT2D eigenvalue weighted by Gasteiger charge is -2.06. The molecule has 0 aromatic heterocycles. The first kappa shape index (κ1) is 16.5. The lowest BCUT2D eigenvalue weighted by Crippen LogP contribution is -2.01. The third-order valence-electron chi connectivity index (χ3n) is 3.88. The van der Waals surface area contributed by atoms with Gasteiger partial charge in [0.1, 0.15) is 0 Å². The van der Waals surface area contributed by atoms with E-state index in [0.717, 1.165) is 22.3 Å². The summed E-state index contributed by atoms with van der Waals surface area (Å²) in [6, 6.07) is 25.8. The van der Waals surface area contributed by atoms with Gasteiger partial charge in [-0.25, -0.2) is 0 Å². The van der Waals surface area contributed by atoms with Crippen molar-refractivity contribution in [3.8, 4) is 0 Å². The number of rotatable bonds is 5. The minimum Gasteiger partial charge on any atom is -0.398 e. The Bertz CT molecular complexity index is 907. The molecule has 0 bridgehead atoms. The first-order valence-corrected chi connectivity index (χ1v) is 8.17. The van der Waals surface area contributed by atoms with Crippen LogP contribution >= 0.6 is 0 Å². The average molecular weight is 324 g/mol. The van der Waals surface area contributed by atoms with Crippen molar-refractivity contribution in [3.05, 3.63) is 107 Å². The van der Waals surface area contributed by atoms with Crippen LogP contribution in [0.3, 0.4) is 0 Å². The molecule has 0 heterocycles. The minimum atomic E-state index is 0.399. The van der Waals surface area contributed by atoms with Gasteiger partial charge in [0.25, 0.3) is 0 Å². The fourth-order valence-electron chi connectivity index (χ4n) is 2.50. The van der Waals surface area contributed by atoms with Crippen molar-refractivity contribution in [2.75, 3.05) is 5.73 Å². The SMILES string of the molecule is N=C(/C=C/c1ccccc1)c1cc(/C=C/c2ccccc2)ccc1N. The molecule has 122 valence electrons. The topological polar surface area (TPSA) is 49.9 Å². The Morgan fingerprint density at radius 1 is 0.680 bits per heavy atom. The molecule has 0 atom stereocenters. The Morgan fingerprint density at radius 3 is 1.88 bits per heavy atom. The highest BCUT2D eigenvalue weighted by Gasteiger charge is 2.04. The van der Waals surface area contributed by atoms with E-state index in [1.54, 1.807) is 6.08 Å². The van der Waals surface area contributed by atoms with E-state index >= 15 is 0 Å². The van der Waals surface area contributed by atoms with Gasteiger partial charge in [-0.2, -0.15) is 0 Å². The third-order valence-corrected chi connectivity index (χ3v) is 3.88. The molecule has 25 heavy (non-hydrogen) atoms. The van der Waals surface area contributed by atoms with Crippen LogP contribution in [0.15, 0.2) is 84.9 Å². The third kappa shape index (κ3) is 4.55. The van der Waals surface area contributed by atoms with Crippen molar-refractivity contribution in [1.82, 2.24) is 0 Å². The maximum absolute atomic E-state index is 8.32. The lowest BCUT2D eigenvalue weighted by atomic mass is 10.0. The Labute approximate surface area is 148 Å². The van der Waals surface area contributed by atoms with Crippen LogP contribution in [0.1, 0.15) is 22.3 Å². The van der Waals surface area contributed by atoms with Gasteiger partial charge in [-0.1, -0.05) is 85.0 Å². The van der Waals surface area contributed by atoms with Crippen molar-refractivity contribution in [2.24, 2.45) is 0 Å². The summed E-state index contributed by atoms with van der Waals surface area (Å²) in [7, 11) is 0. The predicted molar refractivity (Wildman–Crippen MR) is 109 cm³/mol. The van der Waals surface area contributed by atoms with E-state index in [-0.39, 0.29) is 0 Å². The number of anilines is 1. The molecule has 0 aliphatic rings. The molecule has 2 nitrogen and oxygen atoms in total. The van der Waals surface area contributed by atoms with E-state index in [1.165, 1.54) is 0 Å². The average Bonchev–Trinajstić information content (AvgIpc) is 2.67. The highest BCUT2D eigenvalue weighted by atomic mass is 14.6. The largest absolute Gasteiger partial charge is 0.398 e. The predicted octanol–water partition coefficient (Wildman–Crippen LogP) is 5.52. The molecule has 0 radical (unpaired) electrons. The van der Waals surface area contributed by atoms with Gasteiger partial charge in [0.05, 0.1) is 5.71 Å². The summed E-state index contributed by atoms with van der Waals surface area (Å²) in [5, 5.41) is 8.32. The molecule has 3 aromatic carbocycles. The van der Waals surface area contributed by atoms with Gasteiger partial charge in [-0.15, -0.1) is 0 Å². The van der Waals surface area contributed by atoms with Crippen molar-refractivity contribution < 1.29 is 0 Å². The van der Waals surface area contributed by atoms with E-state index in [1.807, 2.05) is 78.9 Å². The minimum absolute atomic E-state index is 0.399. The van der Waals surface area contributed by atoms with Gasteiger partial charge >= 0.3 is 0 Å². The highest BCUT2D eigenvalue weighted by Crippen LogP contribution is 2.18. The van der Waals surface area contributed by atoms with Crippen LogP contribution < -0.4 is 5.73 Å². The molecular formula is C23H20N2. The molecule has 2 heteroatoms. The van der Waals surface area contributed by atoms with Crippen molar-refractivity contribution in [3.63, 3.8) is 0 Å². The van der Waals surface area contributed by atoms with Crippen LogP contribution in [0.25, 0.3) is 18.2 Å². The molecule has 0 fully saturated rings. The quantitative estimate of drug-likeness (QED) is 0.362. The van der Waals surface area contributed by atoms with E-state index in [4.69, 9.17) is 11.1 Å². The second-order valence-corrected chi connectivity index (χ2v) is 5.75. The van der Waals surface area contributed by atoms with E-state index in [9.17, 15) is 0 Å². The molecule has 3 aromatic rings. The van der Waals surface area contributed by atoms with Gasteiger partial charge < -0.3 is 11.1 Å². The van der Waals surface area contributed by atoms with Gasteiger partial charge in [0.2, 0.25) is 0 Å². The van der Waals surface area contributed by atoms with Crippen LogP contribution in [-0.4, -0.2) is 5.71 Å². The van der Waals surface area contributed by atoms with Gasteiger partial charge in [-0.05, 0) is 34.9 Å². The summed E-state index contributed by atoms with van der Waals surface area (Å²) < 4.78 is 0. The summed E-state index contributed by atoms with van der Waals surface area (Å²) in [5.41, 5.74) is 11.0.